The van der Waals surface area contributed by atoms with Crippen LogP contribution in [-0.2, 0) is 14.6 Å². The molecule has 2 aliphatic rings. The topological polar surface area (TPSA) is 55.4 Å². The highest BCUT2D eigenvalue weighted by molar-refractivity contribution is 7.92. The van der Waals surface area contributed by atoms with Gasteiger partial charge in [-0.2, -0.15) is 0 Å². The largest absolute Gasteiger partial charge is 0.377 e. The number of sulfone groups is 1. The van der Waals surface area contributed by atoms with Crippen molar-refractivity contribution < 1.29 is 13.2 Å². The second kappa shape index (κ2) is 4.63. The van der Waals surface area contributed by atoms with Gasteiger partial charge in [0.25, 0.3) is 0 Å². The summed E-state index contributed by atoms with van der Waals surface area (Å²) in [5.41, 5.74) is 0. The maximum Gasteiger partial charge on any atom is 0.160 e. The predicted octanol–water partition coefficient (Wildman–Crippen LogP) is 0.719. The third-order valence-electron chi connectivity index (χ3n) is 3.97. The highest BCUT2D eigenvalue weighted by Gasteiger charge is 2.45. The number of rotatable bonds is 3. The number of nitrogens with one attached hydrogen (secondary N) is 1. The molecule has 0 radical (unpaired) electrons. The Bertz CT molecular complexity index is 341. The van der Waals surface area contributed by atoms with Gasteiger partial charge in [-0.1, -0.05) is 6.42 Å². The van der Waals surface area contributed by atoms with E-state index < -0.39 is 9.84 Å². The molecule has 0 aromatic rings. The first kappa shape index (κ1) is 12.3. The molecule has 0 aromatic heterocycles. The van der Waals surface area contributed by atoms with E-state index in [1.807, 2.05) is 14.0 Å². The van der Waals surface area contributed by atoms with Crippen LogP contribution in [-0.4, -0.2) is 44.7 Å². The van der Waals surface area contributed by atoms with Crippen molar-refractivity contribution in [2.75, 3.05) is 13.7 Å². The van der Waals surface area contributed by atoms with Gasteiger partial charge >= 0.3 is 0 Å². The van der Waals surface area contributed by atoms with Crippen molar-refractivity contribution in [1.82, 2.24) is 5.32 Å². The lowest BCUT2D eigenvalue weighted by Gasteiger charge is -2.24. The van der Waals surface area contributed by atoms with E-state index in [1.54, 1.807) is 0 Å². The number of hydrogen-bond acceptors (Lipinski definition) is 4. The monoisotopic (exact) mass is 247 g/mol. The standard InChI is InChI=1S/C11H21NO3S/c1-8-10(6-7-15-8)16(13,14)11-5-3-4-9(11)12-2/h8-12H,3-7H2,1-2H3. The lowest BCUT2D eigenvalue weighted by atomic mass is 10.2. The van der Waals surface area contributed by atoms with E-state index in [0.29, 0.717) is 13.0 Å². The molecule has 2 rings (SSSR count). The SMILES string of the molecule is CNC1CCCC1S(=O)(=O)C1CCOC1C. The molecule has 1 aliphatic carbocycles. The highest BCUT2D eigenvalue weighted by atomic mass is 32.2. The number of ether oxygens (including phenoxy) is 1. The molecule has 5 heteroatoms. The molecule has 0 bridgehead atoms. The molecule has 94 valence electrons. The third-order valence-corrected chi connectivity index (χ3v) is 6.85. The molecule has 1 saturated carbocycles. The molecular formula is C11H21NO3S. The Morgan fingerprint density at radius 1 is 1.19 bits per heavy atom. The molecule has 0 aromatic carbocycles. The van der Waals surface area contributed by atoms with Gasteiger partial charge in [0, 0.05) is 12.6 Å². The van der Waals surface area contributed by atoms with Crippen molar-refractivity contribution >= 4 is 9.84 Å². The molecule has 1 heterocycles. The Kier molecular flexibility index (Phi) is 3.56. The van der Waals surface area contributed by atoms with Crippen LogP contribution in [0.4, 0.5) is 0 Å². The zero-order chi connectivity index (χ0) is 11.8. The Hall–Kier alpha value is -0.130. The fourth-order valence-corrected chi connectivity index (χ4v) is 5.73. The van der Waals surface area contributed by atoms with Gasteiger partial charge in [-0.25, -0.2) is 8.42 Å². The lowest BCUT2D eigenvalue weighted by Crippen LogP contribution is -2.44. The van der Waals surface area contributed by atoms with E-state index in [1.165, 1.54) is 0 Å². The summed E-state index contributed by atoms with van der Waals surface area (Å²) in [4.78, 5) is 0. The highest BCUT2D eigenvalue weighted by Crippen LogP contribution is 2.32. The fourth-order valence-electron chi connectivity index (χ4n) is 3.02. The summed E-state index contributed by atoms with van der Waals surface area (Å²) in [6.07, 6.45) is 3.32. The minimum atomic E-state index is -3.04. The van der Waals surface area contributed by atoms with Gasteiger partial charge in [0.1, 0.15) is 0 Å². The van der Waals surface area contributed by atoms with Crippen LogP contribution in [0, 0.1) is 0 Å². The molecule has 4 atom stereocenters. The minimum absolute atomic E-state index is 0.136. The molecule has 1 N–H and O–H groups in total. The maximum atomic E-state index is 12.5. The van der Waals surface area contributed by atoms with Crippen LogP contribution in [0.3, 0.4) is 0 Å². The van der Waals surface area contributed by atoms with Crippen molar-refractivity contribution in [3.05, 3.63) is 0 Å². The predicted molar refractivity (Wildman–Crippen MR) is 63.2 cm³/mol. The van der Waals surface area contributed by atoms with Crippen LogP contribution in [0.25, 0.3) is 0 Å². The van der Waals surface area contributed by atoms with Crippen LogP contribution in [0.2, 0.25) is 0 Å². The summed E-state index contributed by atoms with van der Waals surface area (Å²) < 4.78 is 30.4. The number of hydrogen-bond donors (Lipinski definition) is 1. The molecule has 0 amide bonds. The fraction of sp³-hybridized carbons (Fsp3) is 1.00. The molecule has 1 aliphatic heterocycles. The summed E-state index contributed by atoms with van der Waals surface area (Å²) in [7, 11) is -1.18. The zero-order valence-corrected chi connectivity index (χ0v) is 10.8. The first-order valence-electron chi connectivity index (χ1n) is 6.09. The van der Waals surface area contributed by atoms with Crippen LogP contribution >= 0.6 is 0 Å². The van der Waals surface area contributed by atoms with Gasteiger partial charge in [0.2, 0.25) is 0 Å². The molecule has 1 saturated heterocycles. The minimum Gasteiger partial charge on any atom is -0.377 e. The van der Waals surface area contributed by atoms with E-state index in [0.717, 1.165) is 19.3 Å². The third kappa shape index (κ3) is 2.00. The summed E-state index contributed by atoms with van der Waals surface area (Å²) in [5, 5.41) is 2.65. The van der Waals surface area contributed by atoms with Crippen LogP contribution in [0.1, 0.15) is 32.6 Å². The maximum absolute atomic E-state index is 12.5. The van der Waals surface area contributed by atoms with Crippen molar-refractivity contribution in [3.8, 4) is 0 Å². The molecule has 16 heavy (non-hydrogen) atoms. The van der Waals surface area contributed by atoms with Gasteiger partial charge in [-0.05, 0) is 33.2 Å². The summed E-state index contributed by atoms with van der Waals surface area (Å²) in [6.45, 7) is 2.46. The Morgan fingerprint density at radius 2 is 1.94 bits per heavy atom. The van der Waals surface area contributed by atoms with Gasteiger partial charge in [0.15, 0.2) is 9.84 Å². The van der Waals surface area contributed by atoms with Gasteiger partial charge < -0.3 is 10.1 Å². The Morgan fingerprint density at radius 3 is 2.50 bits per heavy atom. The first-order valence-corrected chi connectivity index (χ1v) is 7.70. The normalized spacial score (nSPS) is 40.4. The van der Waals surface area contributed by atoms with E-state index in [4.69, 9.17) is 4.74 Å². The summed E-state index contributed by atoms with van der Waals surface area (Å²) in [6, 6.07) is 0.137. The van der Waals surface area contributed by atoms with E-state index >= 15 is 0 Å². The zero-order valence-electron chi connectivity index (χ0n) is 9.98. The van der Waals surface area contributed by atoms with E-state index in [-0.39, 0.29) is 22.6 Å². The molecular weight excluding hydrogens is 226 g/mol. The lowest BCUT2D eigenvalue weighted by molar-refractivity contribution is 0.126. The Balaban J connectivity index is 2.18. The van der Waals surface area contributed by atoms with E-state index in [2.05, 4.69) is 5.32 Å². The Labute approximate surface area is 97.7 Å². The molecule has 4 unspecified atom stereocenters. The molecule has 2 fully saturated rings. The van der Waals surface area contributed by atoms with Crippen LogP contribution < -0.4 is 5.32 Å². The van der Waals surface area contributed by atoms with Crippen molar-refractivity contribution in [1.29, 1.82) is 0 Å². The van der Waals surface area contributed by atoms with E-state index in [9.17, 15) is 8.42 Å². The second-order valence-electron chi connectivity index (χ2n) is 4.86. The van der Waals surface area contributed by atoms with Gasteiger partial charge in [0.05, 0.1) is 16.6 Å². The average molecular weight is 247 g/mol. The van der Waals surface area contributed by atoms with Gasteiger partial charge in [-0.3, -0.25) is 0 Å². The second-order valence-corrected chi connectivity index (χ2v) is 7.25. The molecule has 0 spiro atoms. The molecule has 4 nitrogen and oxygen atoms in total. The summed E-state index contributed by atoms with van der Waals surface area (Å²) >= 11 is 0. The van der Waals surface area contributed by atoms with Crippen molar-refractivity contribution in [3.63, 3.8) is 0 Å². The van der Waals surface area contributed by atoms with Crippen LogP contribution in [0.15, 0.2) is 0 Å². The first-order chi connectivity index (χ1) is 7.57. The smallest absolute Gasteiger partial charge is 0.160 e. The summed E-state index contributed by atoms with van der Waals surface area (Å²) in [5.74, 6) is 0. The average Bonchev–Trinajstić information content (AvgIpc) is 2.85. The van der Waals surface area contributed by atoms with Crippen molar-refractivity contribution in [2.24, 2.45) is 0 Å². The van der Waals surface area contributed by atoms with Crippen molar-refractivity contribution in [2.45, 2.75) is 55.3 Å². The van der Waals surface area contributed by atoms with Gasteiger partial charge in [-0.15, -0.1) is 0 Å². The van der Waals surface area contributed by atoms with Crippen LogP contribution in [0.5, 0.6) is 0 Å². The quantitative estimate of drug-likeness (QED) is 0.798.